The predicted octanol–water partition coefficient (Wildman–Crippen LogP) is 4.20. The highest BCUT2D eigenvalue weighted by Gasteiger charge is 2.26. The van der Waals surface area contributed by atoms with E-state index in [1.165, 1.54) is 0 Å². The minimum absolute atomic E-state index is 0.0518. The summed E-state index contributed by atoms with van der Waals surface area (Å²) in [4.78, 5) is 17.2. The van der Waals surface area contributed by atoms with E-state index in [1.807, 2.05) is 6.07 Å². The molecule has 0 bridgehead atoms. The van der Waals surface area contributed by atoms with Crippen molar-refractivity contribution >= 4 is 44.8 Å². The summed E-state index contributed by atoms with van der Waals surface area (Å²) in [5.41, 5.74) is 2.15. The third-order valence-electron chi connectivity index (χ3n) is 5.40. The lowest BCUT2D eigenvalue weighted by Gasteiger charge is -2.32. The number of halogens is 2. The van der Waals surface area contributed by atoms with Crippen LogP contribution in [0.3, 0.4) is 0 Å². The van der Waals surface area contributed by atoms with Crippen LogP contribution in [0.15, 0.2) is 42.5 Å². The Hall–Kier alpha value is -1.80. The number of carbonyl (C=O) groups is 1. The van der Waals surface area contributed by atoms with Crippen LogP contribution in [-0.4, -0.2) is 57.1 Å². The molecule has 2 aromatic carbocycles. The fraction of sp³-hybridized carbons (Fsp3) is 0.409. The maximum absolute atomic E-state index is 13.1. The number of rotatable bonds is 8. The Morgan fingerprint density at radius 3 is 2.48 bits per heavy atom. The molecule has 1 aliphatic rings. The molecule has 0 saturated carbocycles. The van der Waals surface area contributed by atoms with E-state index < -0.39 is 10.0 Å². The number of hydrogen-bond acceptors (Lipinski definition) is 4. The molecule has 1 unspecified atom stereocenters. The Morgan fingerprint density at radius 1 is 1.13 bits per heavy atom. The lowest BCUT2D eigenvalue weighted by Crippen LogP contribution is -2.39. The minimum Gasteiger partial charge on any atom is -0.337 e. The van der Waals surface area contributed by atoms with Gasteiger partial charge in [-0.3, -0.25) is 9.52 Å². The van der Waals surface area contributed by atoms with Crippen LogP contribution in [-0.2, 0) is 21.2 Å². The largest absolute Gasteiger partial charge is 0.337 e. The first-order valence-corrected chi connectivity index (χ1v) is 12.8. The molecule has 0 aliphatic carbocycles. The fourth-order valence-electron chi connectivity index (χ4n) is 3.81. The van der Waals surface area contributed by atoms with E-state index in [9.17, 15) is 13.2 Å². The summed E-state index contributed by atoms with van der Waals surface area (Å²) in [6.07, 6.45) is 3.60. The third-order valence-corrected chi connectivity index (χ3v) is 6.75. The predicted molar refractivity (Wildman–Crippen MR) is 126 cm³/mol. The van der Waals surface area contributed by atoms with Gasteiger partial charge in [0, 0.05) is 19.3 Å². The number of anilines is 1. The lowest BCUT2D eigenvalue weighted by molar-refractivity contribution is -0.131. The highest BCUT2D eigenvalue weighted by molar-refractivity contribution is 7.92. The molecule has 1 amide bonds. The molecule has 1 saturated heterocycles. The number of hydrogen-bond donors (Lipinski definition) is 1. The second-order valence-electron chi connectivity index (χ2n) is 7.95. The Bertz CT molecular complexity index is 1040. The van der Waals surface area contributed by atoms with Crippen molar-refractivity contribution in [3.05, 3.63) is 63.6 Å². The summed E-state index contributed by atoms with van der Waals surface area (Å²) in [5.74, 6) is -0.0518. The first-order chi connectivity index (χ1) is 14.6. The van der Waals surface area contributed by atoms with E-state index in [2.05, 4.69) is 9.62 Å². The quantitative estimate of drug-likeness (QED) is 0.610. The zero-order chi connectivity index (χ0) is 22.6. The summed E-state index contributed by atoms with van der Waals surface area (Å²) < 4.78 is 25.8. The SMILES string of the molecule is CN(C(=O)Cc1ccc(Cl)c(Cl)c1)C(CN1CCCC1)c1cccc(NS(C)(=O)=O)c1. The van der Waals surface area contributed by atoms with Gasteiger partial charge in [0.1, 0.15) is 0 Å². The zero-order valence-corrected chi connectivity index (χ0v) is 20.0. The standard InChI is InChI=1S/C22H27Cl2N3O3S/c1-26(22(28)13-16-8-9-19(23)20(24)12-16)21(15-27-10-3-4-11-27)17-6-5-7-18(14-17)25-31(2,29)30/h5-9,12,14,21,25H,3-4,10-11,13,15H2,1-2H3. The number of sulfonamides is 1. The van der Waals surface area contributed by atoms with Gasteiger partial charge in [-0.1, -0.05) is 41.4 Å². The van der Waals surface area contributed by atoms with Gasteiger partial charge in [-0.25, -0.2) is 8.42 Å². The van der Waals surface area contributed by atoms with Gasteiger partial charge >= 0.3 is 0 Å². The number of carbonyl (C=O) groups excluding carboxylic acids is 1. The summed E-state index contributed by atoms with van der Waals surface area (Å²) in [6.45, 7) is 2.67. The molecule has 2 aromatic rings. The summed E-state index contributed by atoms with van der Waals surface area (Å²) in [7, 11) is -1.60. The van der Waals surface area contributed by atoms with Gasteiger partial charge in [0.05, 0.1) is 28.8 Å². The molecule has 1 aliphatic heterocycles. The van der Waals surface area contributed by atoms with Crippen molar-refractivity contribution in [2.75, 3.05) is 37.7 Å². The van der Waals surface area contributed by atoms with Crippen molar-refractivity contribution in [1.82, 2.24) is 9.80 Å². The summed E-state index contributed by atoms with van der Waals surface area (Å²) >= 11 is 12.1. The maximum atomic E-state index is 13.1. The average molecular weight is 484 g/mol. The van der Waals surface area contributed by atoms with Gasteiger partial charge in [0.25, 0.3) is 0 Å². The average Bonchev–Trinajstić information content (AvgIpc) is 3.20. The molecular formula is C22H27Cl2N3O3S. The summed E-state index contributed by atoms with van der Waals surface area (Å²) in [5, 5.41) is 0.871. The third kappa shape index (κ3) is 6.84. The van der Waals surface area contributed by atoms with E-state index in [0.717, 1.165) is 43.3 Å². The molecule has 9 heteroatoms. The highest BCUT2D eigenvalue weighted by atomic mass is 35.5. The Kier molecular flexibility index (Phi) is 7.86. The van der Waals surface area contributed by atoms with Crippen molar-refractivity contribution in [3.8, 4) is 0 Å². The molecule has 3 rings (SSSR count). The molecule has 1 N–H and O–H groups in total. The van der Waals surface area contributed by atoms with Gasteiger partial charge in [-0.15, -0.1) is 0 Å². The van der Waals surface area contributed by atoms with E-state index in [1.54, 1.807) is 48.3 Å². The second-order valence-corrected chi connectivity index (χ2v) is 10.5. The van der Waals surface area contributed by atoms with Crippen LogP contribution in [0.25, 0.3) is 0 Å². The van der Waals surface area contributed by atoms with Gasteiger partial charge in [-0.05, 0) is 61.3 Å². The number of nitrogens with zero attached hydrogens (tertiary/aromatic N) is 2. The van der Waals surface area contributed by atoms with Crippen LogP contribution in [0.4, 0.5) is 5.69 Å². The van der Waals surface area contributed by atoms with Gasteiger partial charge in [-0.2, -0.15) is 0 Å². The highest BCUT2D eigenvalue weighted by Crippen LogP contribution is 2.27. The lowest BCUT2D eigenvalue weighted by atomic mass is 10.0. The number of benzene rings is 2. The van der Waals surface area contributed by atoms with Crippen LogP contribution in [0.2, 0.25) is 10.0 Å². The van der Waals surface area contributed by atoms with E-state index in [4.69, 9.17) is 23.2 Å². The van der Waals surface area contributed by atoms with E-state index in [0.29, 0.717) is 22.3 Å². The first kappa shape index (κ1) is 23.9. The molecular weight excluding hydrogens is 457 g/mol. The van der Waals surface area contributed by atoms with Crippen LogP contribution >= 0.6 is 23.2 Å². The van der Waals surface area contributed by atoms with Gasteiger partial charge in [0.15, 0.2) is 0 Å². The summed E-state index contributed by atoms with van der Waals surface area (Å²) in [6, 6.07) is 12.2. The van der Waals surface area contributed by atoms with Gasteiger partial charge in [0.2, 0.25) is 15.9 Å². The molecule has 1 atom stereocenters. The molecule has 0 spiro atoms. The Balaban J connectivity index is 1.84. The zero-order valence-electron chi connectivity index (χ0n) is 17.6. The van der Waals surface area contributed by atoms with Crippen LogP contribution in [0.5, 0.6) is 0 Å². The van der Waals surface area contributed by atoms with Crippen LogP contribution in [0, 0.1) is 0 Å². The number of likely N-dealkylation sites (tertiary alicyclic amines) is 1. The van der Waals surface area contributed by atoms with Crippen molar-refractivity contribution in [2.24, 2.45) is 0 Å². The smallest absolute Gasteiger partial charge is 0.229 e. The molecule has 168 valence electrons. The number of likely N-dealkylation sites (N-methyl/N-ethyl adjacent to an activating group) is 1. The first-order valence-electron chi connectivity index (χ1n) is 10.1. The maximum Gasteiger partial charge on any atom is 0.229 e. The van der Waals surface area contributed by atoms with Crippen LogP contribution < -0.4 is 4.72 Å². The monoisotopic (exact) mass is 483 g/mol. The molecule has 0 aromatic heterocycles. The van der Waals surface area contributed by atoms with Crippen molar-refractivity contribution < 1.29 is 13.2 Å². The number of nitrogens with one attached hydrogen (secondary N) is 1. The normalized spacial score (nSPS) is 15.6. The van der Waals surface area contributed by atoms with Crippen molar-refractivity contribution in [3.63, 3.8) is 0 Å². The Morgan fingerprint density at radius 2 is 1.84 bits per heavy atom. The Labute approximate surface area is 194 Å². The van der Waals surface area contributed by atoms with Gasteiger partial charge < -0.3 is 9.80 Å². The van der Waals surface area contributed by atoms with Crippen molar-refractivity contribution in [1.29, 1.82) is 0 Å². The number of amides is 1. The molecule has 6 nitrogen and oxygen atoms in total. The minimum atomic E-state index is -3.39. The van der Waals surface area contributed by atoms with E-state index in [-0.39, 0.29) is 18.4 Å². The molecule has 1 heterocycles. The van der Waals surface area contributed by atoms with E-state index >= 15 is 0 Å². The second kappa shape index (κ2) is 10.2. The molecule has 1 fully saturated rings. The van der Waals surface area contributed by atoms with Crippen molar-refractivity contribution in [2.45, 2.75) is 25.3 Å². The van der Waals surface area contributed by atoms with Crippen LogP contribution in [0.1, 0.15) is 30.0 Å². The fourth-order valence-corrected chi connectivity index (χ4v) is 4.68. The molecule has 31 heavy (non-hydrogen) atoms. The topological polar surface area (TPSA) is 69.7 Å². The molecule has 0 radical (unpaired) electrons.